The minimum absolute atomic E-state index is 0.185. The first kappa shape index (κ1) is 6.05. The smallest absolute Gasteiger partial charge is 0.0636 e. The molecule has 0 radical (unpaired) electrons. The van der Waals surface area contributed by atoms with E-state index in [0.29, 0.717) is 0 Å². The topological polar surface area (TPSA) is 32.3 Å². The number of aliphatic hydroxyl groups is 1. The van der Waals surface area contributed by atoms with Crippen molar-refractivity contribution in [2.45, 2.75) is 31.9 Å². The number of rotatable bonds is 3. The van der Waals surface area contributed by atoms with Gasteiger partial charge in [0.15, 0.2) is 0 Å². The van der Waals surface area contributed by atoms with E-state index in [2.05, 4.69) is 5.32 Å². The standard InChI is InChI=1S/C6H13NO/c1-5(8)4-7-6-2-3-6/h5-8H,2-4H2,1H3/t5-/m1/s1. The van der Waals surface area contributed by atoms with Crippen molar-refractivity contribution in [1.29, 1.82) is 0 Å². The molecule has 2 nitrogen and oxygen atoms in total. The summed E-state index contributed by atoms with van der Waals surface area (Å²) in [5.74, 6) is 0. The summed E-state index contributed by atoms with van der Waals surface area (Å²) in [6.45, 7) is 2.56. The van der Waals surface area contributed by atoms with Crippen LogP contribution in [0.2, 0.25) is 0 Å². The highest BCUT2D eigenvalue weighted by atomic mass is 16.3. The lowest BCUT2D eigenvalue weighted by atomic mass is 10.4. The molecule has 1 rings (SSSR count). The Kier molecular flexibility index (Phi) is 1.86. The molecule has 1 aliphatic rings. The van der Waals surface area contributed by atoms with Crippen LogP contribution in [0, 0.1) is 0 Å². The molecule has 0 aromatic carbocycles. The summed E-state index contributed by atoms with van der Waals surface area (Å²) in [5, 5.41) is 12.0. The van der Waals surface area contributed by atoms with Crippen LogP contribution < -0.4 is 5.32 Å². The summed E-state index contributed by atoms with van der Waals surface area (Å²) in [4.78, 5) is 0. The summed E-state index contributed by atoms with van der Waals surface area (Å²) in [6.07, 6.45) is 2.41. The molecule has 0 aromatic heterocycles. The van der Waals surface area contributed by atoms with Crippen molar-refractivity contribution in [3.05, 3.63) is 0 Å². The molecular formula is C6H13NO. The Morgan fingerprint density at radius 1 is 1.75 bits per heavy atom. The lowest BCUT2D eigenvalue weighted by Gasteiger charge is -2.02. The summed E-state index contributed by atoms with van der Waals surface area (Å²) in [7, 11) is 0. The van der Waals surface area contributed by atoms with Crippen molar-refractivity contribution >= 4 is 0 Å². The van der Waals surface area contributed by atoms with Gasteiger partial charge in [-0.3, -0.25) is 0 Å². The van der Waals surface area contributed by atoms with Gasteiger partial charge in [0.05, 0.1) is 6.10 Å². The van der Waals surface area contributed by atoms with Gasteiger partial charge >= 0.3 is 0 Å². The van der Waals surface area contributed by atoms with E-state index in [1.165, 1.54) is 12.8 Å². The van der Waals surface area contributed by atoms with Gasteiger partial charge in [-0.25, -0.2) is 0 Å². The van der Waals surface area contributed by atoms with Crippen molar-refractivity contribution in [2.75, 3.05) is 6.54 Å². The molecule has 2 N–H and O–H groups in total. The average Bonchev–Trinajstić information content (AvgIpc) is 2.41. The first-order valence-electron chi connectivity index (χ1n) is 3.20. The predicted octanol–water partition coefficient (Wildman–Crippen LogP) is 0.119. The van der Waals surface area contributed by atoms with Crippen LogP contribution in [0.15, 0.2) is 0 Å². The first-order chi connectivity index (χ1) is 3.79. The van der Waals surface area contributed by atoms with Gasteiger partial charge in [-0.2, -0.15) is 0 Å². The molecule has 8 heavy (non-hydrogen) atoms. The zero-order valence-electron chi connectivity index (χ0n) is 5.22. The second-order valence-electron chi connectivity index (χ2n) is 2.53. The van der Waals surface area contributed by atoms with Crippen LogP contribution in [0.3, 0.4) is 0 Å². The van der Waals surface area contributed by atoms with Gasteiger partial charge in [0.1, 0.15) is 0 Å². The molecule has 1 atom stereocenters. The van der Waals surface area contributed by atoms with Crippen LogP contribution in [0.4, 0.5) is 0 Å². The Balaban J connectivity index is 1.87. The minimum Gasteiger partial charge on any atom is -0.392 e. The molecule has 0 spiro atoms. The molecular weight excluding hydrogens is 102 g/mol. The molecule has 0 aliphatic heterocycles. The van der Waals surface area contributed by atoms with Crippen LogP contribution >= 0.6 is 0 Å². The molecule has 0 saturated heterocycles. The molecule has 0 heterocycles. The maximum absolute atomic E-state index is 8.77. The van der Waals surface area contributed by atoms with Crippen LogP contribution in [-0.4, -0.2) is 23.8 Å². The molecule has 0 amide bonds. The highest BCUT2D eigenvalue weighted by Gasteiger charge is 2.20. The monoisotopic (exact) mass is 115 g/mol. The molecule has 0 unspecified atom stereocenters. The Hall–Kier alpha value is -0.0800. The summed E-state index contributed by atoms with van der Waals surface area (Å²) < 4.78 is 0. The fraction of sp³-hybridized carbons (Fsp3) is 1.00. The van der Waals surface area contributed by atoms with E-state index in [1.807, 2.05) is 0 Å². The SMILES string of the molecule is C[C@@H](O)CNC1CC1. The highest BCUT2D eigenvalue weighted by molar-refractivity contribution is 4.81. The molecule has 0 aromatic rings. The van der Waals surface area contributed by atoms with Gasteiger partial charge in [0, 0.05) is 12.6 Å². The number of aliphatic hydroxyl groups excluding tert-OH is 1. The van der Waals surface area contributed by atoms with Crippen molar-refractivity contribution < 1.29 is 5.11 Å². The van der Waals surface area contributed by atoms with E-state index < -0.39 is 0 Å². The van der Waals surface area contributed by atoms with E-state index in [9.17, 15) is 0 Å². The Bertz CT molecular complexity index is 66.9. The van der Waals surface area contributed by atoms with Crippen molar-refractivity contribution in [3.63, 3.8) is 0 Å². The van der Waals surface area contributed by atoms with Crippen molar-refractivity contribution in [1.82, 2.24) is 5.32 Å². The fourth-order valence-corrected chi connectivity index (χ4v) is 0.625. The van der Waals surface area contributed by atoms with E-state index in [4.69, 9.17) is 5.11 Å². The lowest BCUT2D eigenvalue weighted by Crippen LogP contribution is -2.25. The zero-order valence-corrected chi connectivity index (χ0v) is 5.22. The summed E-state index contributed by atoms with van der Waals surface area (Å²) >= 11 is 0. The third-order valence-corrected chi connectivity index (χ3v) is 1.28. The average molecular weight is 115 g/mol. The van der Waals surface area contributed by atoms with Gasteiger partial charge < -0.3 is 10.4 Å². The van der Waals surface area contributed by atoms with Crippen LogP contribution in [0.25, 0.3) is 0 Å². The van der Waals surface area contributed by atoms with E-state index in [1.54, 1.807) is 6.92 Å². The van der Waals surface area contributed by atoms with Gasteiger partial charge in [0.2, 0.25) is 0 Å². The van der Waals surface area contributed by atoms with Crippen LogP contribution in [0.1, 0.15) is 19.8 Å². The van der Waals surface area contributed by atoms with E-state index in [0.717, 1.165) is 12.6 Å². The molecule has 2 heteroatoms. The summed E-state index contributed by atoms with van der Waals surface area (Å²) in [5.41, 5.74) is 0. The Morgan fingerprint density at radius 2 is 2.38 bits per heavy atom. The normalized spacial score (nSPS) is 23.2. The second-order valence-corrected chi connectivity index (χ2v) is 2.53. The molecule has 1 aliphatic carbocycles. The second kappa shape index (κ2) is 2.46. The lowest BCUT2D eigenvalue weighted by molar-refractivity contribution is 0.191. The fourth-order valence-electron chi connectivity index (χ4n) is 0.625. The number of nitrogens with one attached hydrogen (secondary N) is 1. The van der Waals surface area contributed by atoms with Crippen LogP contribution in [0.5, 0.6) is 0 Å². The van der Waals surface area contributed by atoms with Gasteiger partial charge in [0.25, 0.3) is 0 Å². The Labute approximate surface area is 49.9 Å². The molecule has 0 bridgehead atoms. The largest absolute Gasteiger partial charge is 0.392 e. The van der Waals surface area contributed by atoms with E-state index in [-0.39, 0.29) is 6.10 Å². The minimum atomic E-state index is -0.185. The third kappa shape index (κ3) is 2.28. The highest BCUT2D eigenvalue weighted by Crippen LogP contribution is 2.18. The van der Waals surface area contributed by atoms with Gasteiger partial charge in [-0.05, 0) is 19.8 Å². The third-order valence-electron chi connectivity index (χ3n) is 1.28. The van der Waals surface area contributed by atoms with E-state index >= 15 is 0 Å². The predicted molar refractivity (Wildman–Crippen MR) is 32.7 cm³/mol. The van der Waals surface area contributed by atoms with Crippen molar-refractivity contribution in [2.24, 2.45) is 0 Å². The molecule has 1 saturated carbocycles. The number of hydrogen-bond donors (Lipinski definition) is 2. The number of hydrogen-bond acceptors (Lipinski definition) is 2. The maximum atomic E-state index is 8.77. The van der Waals surface area contributed by atoms with Gasteiger partial charge in [-0.1, -0.05) is 0 Å². The maximum Gasteiger partial charge on any atom is 0.0636 e. The Morgan fingerprint density at radius 3 is 2.75 bits per heavy atom. The molecule has 48 valence electrons. The zero-order chi connectivity index (χ0) is 5.98. The van der Waals surface area contributed by atoms with Crippen LogP contribution in [-0.2, 0) is 0 Å². The molecule has 1 fully saturated rings. The quantitative estimate of drug-likeness (QED) is 0.547. The summed E-state index contributed by atoms with van der Waals surface area (Å²) in [6, 6.07) is 0.726. The van der Waals surface area contributed by atoms with Gasteiger partial charge in [-0.15, -0.1) is 0 Å². The van der Waals surface area contributed by atoms with Crippen molar-refractivity contribution in [3.8, 4) is 0 Å². The first-order valence-corrected chi connectivity index (χ1v) is 3.20.